The summed E-state index contributed by atoms with van der Waals surface area (Å²) in [6.45, 7) is 0.716. The molecular formula is C13H19BrN2O2S. The molecule has 0 radical (unpaired) electrons. The van der Waals surface area contributed by atoms with Gasteiger partial charge in [-0.1, -0.05) is 28.1 Å². The fraction of sp³-hybridized carbons (Fsp3) is 0.538. The van der Waals surface area contributed by atoms with Crippen LogP contribution in [0.2, 0.25) is 0 Å². The van der Waals surface area contributed by atoms with Gasteiger partial charge in [0, 0.05) is 10.0 Å². The molecule has 1 aliphatic carbocycles. The Morgan fingerprint density at radius 2 is 2.11 bits per heavy atom. The van der Waals surface area contributed by atoms with Gasteiger partial charge < -0.3 is 5.32 Å². The predicted molar refractivity (Wildman–Crippen MR) is 80.5 cm³/mol. The average Bonchev–Trinajstić information content (AvgIpc) is 3.16. The first kappa shape index (κ1) is 15.0. The lowest BCUT2D eigenvalue weighted by atomic mass is 10.1. The van der Waals surface area contributed by atoms with Crippen LogP contribution in [0.25, 0.3) is 0 Å². The van der Waals surface area contributed by atoms with E-state index in [1.165, 1.54) is 12.6 Å². The third kappa shape index (κ3) is 4.02. The number of benzene rings is 1. The van der Waals surface area contributed by atoms with Crippen molar-refractivity contribution in [2.45, 2.75) is 24.8 Å². The highest BCUT2D eigenvalue weighted by Crippen LogP contribution is 2.45. The Labute approximate surface area is 123 Å². The lowest BCUT2D eigenvalue weighted by molar-refractivity contribution is 0.514. The monoisotopic (exact) mass is 346 g/mol. The molecule has 0 bridgehead atoms. The minimum absolute atomic E-state index is 0.0627. The highest BCUT2D eigenvalue weighted by molar-refractivity contribution is 9.10. The molecule has 6 heteroatoms. The molecule has 0 saturated heterocycles. The predicted octanol–water partition coefficient (Wildman–Crippen LogP) is 1.97. The van der Waals surface area contributed by atoms with Gasteiger partial charge in [0.15, 0.2) is 0 Å². The van der Waals surface area contributed by atoms with Crippen LogP contribution in [0, 0.1) is 0 Å². The van der Waals surface area contributed by atoms with Gasteiger partial charge >= 0.3 is 0 Å². The summed E-state index contributed by atoms with van der Waals surface area (Å²) in [7, 11) is -1.63. The smallest absolute Gasteiger partial charge is 0.211 e. The van der Waals surface area contributed by atoms with E-state index in [1.54, 1.807) is 0 Å². The molecule has 1 aliphatic rings. The van der Waals surface area contributed by atoms with E-state index >= 15 is 0 Å². The van der Waals surface area contributed by atoms with Crippen LogP contribution in [0.15, 0.2) is 28.7 Å². The number of hydrogen-bond acceptors (Lipinski definition) is 3. The van der Waals surface area contributed by atoms with Gasteiger partial charge in [-0.15, -0.1) is 0 Å². The summed E-state index contributed by atoms with van der Waals surface area (Å²) < 4.78 is 26.0. The van der Waals surface area contributed by atoms with Crippen LogP contribution in [0.1, 0.15) is 24.8 Å². The zero-order valence-electron chi connectivity index (χ0n) is 10.9. The molecule has 19 heavy (non-hydrogen) atoms. The zero-order valence-corrected chi connectivity index (χ0v) is 13.4. The van der Waals surface area contributed by atoms with Gasteiger partial charge in [0.25, 0.3) is 0 Å². The largest absolute Gasteiger partial charge is 0.307 e. The Kier molecular flexibility index (Phi) is 4.66. The van der Waals surface area contributed by atoms with Crippen molar-refractivity contribution >= 4 is 26.0 Å². The summed E-state index contributed by atoms with van der Waals surface area (Å²) in [5.74, 6) is 0.172. The molecule has 1 fully saturated rings. The molecule has 0 amide bonds. The van der Waals surface area contributed by atoms with E-state index in [4.69, 9.17) is 0 Å². The van der Waals surface area contributed by atoms with Crippen molar-refractivity contribution in [3.8, 4) is 0 Å². The van der Waals surface area contributed by atoms with Gasteiger partial charge in [0.2, 0.25) is 10.0 Å². The van der Waals surface area contributed by atoms with Crippen molar-refractivity contribution in [3.63, 3.8) is 0 Å². The van der Waals surface area contributed by atoms with E-state index in [2.05, 4.69) is 38.1 Å². The van der Waals surface area contributed by atoms with Gasteiger partial charge in [-0.3, -0.25) is 0 Å². The summed E-state index contributed by atoms with van der Waals surface area (Å²) in [6, 6.07) is 8.30. The Morgan fingerprint density at radius 1 is 1.37 bits per heavy atom. The molecule has 0 spiro atoms. The lowest BCUT2D eigenvalue weighted by Crippen LogP contribution is -2.32. The third-order valence-corrected chi connectivity index (χ3v) is 5.43. The highest BCUT2D eigenvalue weighted by atomic mass is 79.9. The molecule has 0 atom stereocenters. The molecule has 1 saturated carbocycles. The van der Waals surface area contributed by atoms with Gasteiger partial charge in [0.1, 0.15) is 0 Å². The fourth-order valence-electron chi connectivity index (χ4n) is 2.17. The number of sulfonamides is 1. The van der Waals surface area contributed by atoms with Crippen molar-refractivity contribution in [3.05, 3.63) is 34.3 Å². The average molecular weight is 347 g/mol. The quantitative estimate of drug-likeness (QED) is 0.742. The summed E-state index contributed by atoms with van der Waals surface area (Å²) in [6.07, 6.45) is 2.85. The summed E-state index contributed by atoms with van der Waals surface area (Å²) in [5.41, 5.74) is 1.34. The molecule has 0 heterocycles. The first-order valence-electron chi connectivity index (χ1n) is 6.40. The Morgan fingerprint density at radius 3 is 2.68 bits per heavy atom. The number of hydrogen-bond donors (Lipinski definition) is 2. The normalized spacial score (nSPS) is 17.4. The van der Waals surface area contributed by atoms with Crippen LogP contribution in [-0.4, -0.2) is 27.8 Å². The van der Waals surface area contributed by atoms with Crippen molar-refractivity contribution in [2.75, 3.05) is 19.3 Å². The van der Waals surface area contributed by atoms with Crippen LogP contribution in [0.5, 0.6) is 0 Å². The minimum atomic E-state index is -3.09. The first-order chi connectivity index (χ1) is 8.97. The summed E-state index contributed by atoms with van der Waals surface area (Å²) in [5, 5.41) is 3.50. The van der Waals surface area contributed by atoms with E-state index in [0.29, 0.717) is 13.0 Å². The van der Waals surface area contributed by atoms with Crippen LogP contribution < -0.4 is 10.0 Å². The molecule has 106 valence electrons. The lowest BCUT2D eigenvalue weighted by Gasteiger charge is -2.18. The molecule has 0 unspecified atom stereocenters. The molecule has 1 aromatic rings. The summed E-state index contributed by atoms with van der Waals surface area (Å²) >= 11 is 3.48. The van der Waals surface area contributed by atoms with Crippen LogP contribution >= 0.6 is 15.9 Å². The minimum Gasteiger partial charge on any atom is -0.307 e. The van der Waals surface area contributed by atoms with Gasteiger partial charge in [-0.05, 0) is 50.6 Å². The van der Waals surface area contributed by atoms with Gasteiger partial charge in [-0.25, -0.2) is 13.1 Å². The van der Waals surface area contributed by atoms with E-state index in [0.717, 1.165) is 17.3 Å². The molecule has 0 aromatic heterocycles. The Hall–Kier alpha value is -0.430. The fourth-order valence-corrected chi connectivity index (χ4v) is 3.30. The second-order valence-electron chi connectivity index (χ2n) is 4.90. The van der Waals surface area contributed by atoms with Gasteiger partial charge in [-0.2, -0.15) is 0 Å². The highest BCUT2D eigenvalue weighted by Gasteiger charge is 2.43. The first-order valence-corrected chi connectivity index (χ1v) is 8.84. The van der Waals surface area contributed by atoms with E-state index in [-0.39, 0.29) is 11.3 Å². The molecule has 2 rings (SSSR count). The Bertz CT molecular complexity index is 541. The molecule has 0 aliphatic heterocycles. The second kappa shape index (κ2) is 5.91. The maximum absolute atomic E-state index is 11.3. The topological polar surface area (TPSA) is 58.2 Å². The zero-order chi connectivity index (χ0) is 13.9. The molecule has 2 N–H and O–H groups in total. The number of nitrogens with one attached hydrogen (secondary N) is 2. The van der Waals surface area contributed by atoms with Crippen molar-refractivity contribution in [1.29, 1.82) is 0 Å². The van der Waals surface area contributed by atoms with E-state index in [1.807, 2.05) is 12.1 Å². The second-order valence-corrected chi connectivity index (χ2v) is 7.86. The number of halogens is 1. The number of rotatable bonds is 7. The Balaban J connectivity index is 1.86. The summed E-state index contributed by atoms with van der Waals surface area (Å²) in [4.78, 5) is 0. The maximum Gasteiger partial charge on any atom is 0.211 e. The van der Waals surface area contributed by atoms with Crippen LogP contribution in [-0.2, 0) is 15.6 Å². The van der Waals surface area contributed by atoms with Crippen molar-refractivity contribution in [2.24, 2.45) is 0 Å². The molecular weight excluding hydrogens is 328 g/mol. The van der Waals surface area contributed by atoms with Crippen molar-refractivity contribution in [1.82, 2.24) is 10.0 Å². The molecule has 4 nitrogen and oxygen atoms in total. The van der Waals surface area contributed by atoms with Crippen LogP contribution in [0.3, 0.4) is 0 Å². The van der Waals surface area contributed by atoms with Gasteiger partial charge in [0.05, 0.1) is 5.75 Å². The van der Waals surface area contributed by atoms with Crippen LogP contribution in [0.4, 0.5) is 0 Å². The molecule has 1 aromatic carbocycles. The van der Waals surface area contributed by atoms with E-state index in [9.17, 15) is 8.42 Å². The van der Waals surface area contributed by atoms with Crippen molar-refractivity contribution < 1.29 is 8.42 Å². The third-order valence-electron chi connectivity index (χ3n) is 3.49. The SMILES string of the molecule is CNS(=O)(=O)CCCNC1(c2cccc(Br)c2)CC1. The van der Waals surface area contributed by atoms with E-state index < -0.39 is 10.0 Å². The standard InChI is InChI=1S/C13H19BrN2O2S/c1-15-19(17,18)9-3-8-16-13(6-7-13)11-4-2-5-12(14)10-11/h2,4-5,10,15-16H,3,6-9H2,1H3. The maximum atomic E-state index is 11.3.